The lowest BCUT2D eigenvalue weighted by Gasteiger charge is -2.19. The van der Waals surface area contributed by atoms with Gasteiger partial charge in [0.25, 0.3) is 0 Å². The Labute approximate surface area is 136 Å². The Balaban J connectivity index is 2.33. The number of rotatable bonds is 5. The zero-order valence-corrected chi connectivity index (χ0v) is 13.7. The van der Waals surface area contributed by atoms with Crippen LogP contribution >= 0.6 is 27.5 Å². The van der Waals surface area contributed by atoms with Crippen LogP contribution in [0.1, 0.15) is 17.2 Å². The summed E-state index contributed by atoms with van der Waals surface area (Å²) in [6.07, 6.45) is 0.539. The molecule has 0 bridgehead atoms. The monoisotopic (exact) mass is 372 g/mol. The lowest BCUT2D eigenvalue weighted by Crippen LogP contribution is -2.30. The number of hydrogen-bond donors (Lipinski definition) is 2. The van der Waals surface area contributed by atoms with Crippen LogP contribution in [-0.2, 0) is 6.42 Å². The van der Waals surface area contributed by atoms with Gasteiger partial charge in [0.1, 0.15) is 11.6 Å². The van der Waals surface area contributed by atoms with Gasteiger partial charge in [0.05, 0.1) is 18.2 Å². The summed E-state index contributed by atoms with van der Waals surface area (Å²) in [5.74, 6) is 5.90. The third-order valence-electron chi connectivity index (χ3n) is 3.23. The summed E-state index contributed by atoms with van der Waals surface area (Å²) in [5, 5.41) is 0.0828. The second kappa shape index (κ2) is 7.22. The van der Waals surface area contributed by atoms with Crippen molar-refractivity contribution in [1.82, 2.24) is 5.43 Å². The summed E-state index contributed by atoms with van der Waals surface area (Å²) >= 11 is 9.52. The second-order valence-corrected chi connectivity index (χ2v) is 5.76. The molecule has 3 nitrogen and oxygen atoms in total. The van der Waals surface area contributed by atoms with Gasteiger partial charge in [0.15, 0.2) is 0 Å². The average Bonchev–Trinajstić information content (AvgIpc) is 2.49. The number of nitrogens with two attached hydrogens (primary N) is 1. The average molecular weight is 374 g/mol. The topological polar surface area (TPSA) is 47.3 Å². The molecule has 1 unspecified atom stereocenters. The summed E-state index contributed by atoms with van der Waals surface area (Å²) in [6, 6.07) is 10.0. The maximum absolute atomic E-state index is 13.6. The van der Waals surface area contributed by atoms with Crippen molar-refractivity contribution in [3.8, 4) is 5.75 Å². The van der Waals surface area contributed by atoms with Gasteiger partial charge in [-0.2, -0.15) is 0 Å². The number of methoxy groups -OCH3 is 1. The fourth-order valence-corrected chi connectivity index (χ4v) is 2.77. The smallest absolute Gasteiger partial charge is 0.142 e. The molecular weight excluding hydrogens is 359 g/mol. The van der Waals surface area contributed by atoms with Gasteiger partial charge in [-0.25, -0.2) is 4.39 Å². The maximum Gasteiger partial charge on any atom is 0.142 e. The molecule has 1 atom stereocenters. The van der Waals surface area contributed by atoms with Crippen LogP contribution in [0, 0.1) is 5.82 Å². The third-order valence-corrected chi connectivity index (χ3v) is 4.41. The highest BCUT2D eigenvalue weighted by atomic mass is 79.9. The summed E-state index contributed by atoms with van der Waals surface area (Å²) < 4.78 is 19.7. The van der Waals surface area contributed by atoms with E-state index in [9.17, 15) is 4.39 Å². The first-order valence-corrected chi connectivity index (χ1v) is 7.46. The molecule has 0 amide bonds. The van der Waals surface area contributed by atoms with Crippen molar-refractivity contribution < 1.29 is 9.13 Å². The molecule has 2 rings (SSSR count). The molecule has 2 aromatic rings. The molecule has 0 aliphatic heterocycles. The normalized spacial score (nSPS) is 12.2. The van der Waals surface area contributed by atoms with Crippen LogP contribution in [0.15, 0.2) is 40.9 Å². The predicted octanol–water partition coefficient (Wildman–Crippen LogP) is 4.00. The molecule has 0 saturated heterocycles. The van der Waals surface area contributed by atoms with Crippen molar-refractivity contribution >= 4 is 27.5 Å². The Hall–Kier alpha value is -1.14. The van der Waals surface area contributed by atoms with E-state index in [1.165, 1.54) is 6.07 Å². The van der Waals surface area contributed by atoms with E-state index in [2.05, 4.69) is 21.4 Å². The molecule has 0 aliphatic rings. The van der Waals surface area contributed by atoms with Gasteiger partial charge in [-0.05, 0) is 41.8 Å². The second-order valence-electron chi connectivity index (χ2n) is 4.52. The minimum atomic E-state index is -0.459. The van der Waals surface area contributed by atoms with Crippen molar-refractivity contribution in [1.29, 1.82) is 0 Å². The largest absolute Gasteiger partial charge is 0.497 e. The Kier molecular flexibility index (Phi) is 5.58. The maximum atomic E-state index is 13.6. The molecule has 0 fully saturated rings. The minimum Gasteiger partial charge on any atom is -0.497 e. The molecule has 0 aliphatic carbocycles. The Bertz CT molecular complexity index is 639. The van der Waals surface area contributed by atoms with Crippen molar-refractivity contribution in [3.05, 3.63) is 62.8 Å². The lowest BCUT2D eigenvalue weighted by atomic mass is 9.99. The van der Waals surface area contributed by atoms with Crippen molar-refractivity contribution in [2.75, 3.05) is 7.11 Å². The Morgan fingerprint density at radius 1 is 1.38 bits per heavy atom. The first kappa shape index (κ1) is 16.2. The van der Waals surface area contributed by atoms with Crippen LogP contribution in [-0.4, -0.2) is 7.11 Å². The number of hydrazine groups is 1. The Morgan fingerprint density at radius 2 is 2.14 bits per heavy atom. The van der Waals surface area contributed by atoms with Crippen molar-refractivity contribution in [2.45, 2.75) is 12.5 Å². The predicted molar refractivity (Wildman–Crippen MR) is 85.9 cm³/mol. The molecule has 0 saturated carbocycles. The third kappa shape index (κ3) is 3.74. The summed E-state index contributed by atoms with van der Waals surface area (Å²) in [4.78, 5) is 0. The van der Waals surface area contributed by atoms with Gasteiger partial charge < -0.3 is 4.74 Å². The van der Waals surface area contributed by atoms with E-state index in [1.807, 2.05) is 18.2 Å². The van der Waals surface area contributed by atoms with E-state index < -0.39 is 5.82 Å². The van der Waals surface area contributed by atoms with Crippen LogP contribution < -0.4 is 16.0 Å². The van der Waals surface area contributed by atoms with Gasteiger partial charge in [-0.1, -0.05) is 39.7 Å². The van der Waals surface area contributed by atoms with Gasteiger partial charge in [0.2, 0.25) is 0 Å². The number of hydrogen-bond acceptors (Lipinski definition) is 3. The molecule has 112 valence electrons. The molecule has 2 aromatic carbocycles. The van der Waals surface area contributed by atoms with Crippen LogP contribution in [0.5, 0.6) is 5.75 Å². The van der Waals surface area contributed by atoms with Crippen LogP contribution in [0.25, 0.3) is 0 Å². The SMILES string of the molecule is COc1ccc(Br)c(CC(NN)c2cccc(F)c2Cl)c1. The van der Waals surface area contributed by atoms with Crippen LogP contribution in [0.3, 0.4) is 0 Å². The quantitative estimate of drug-likeness (QED) is 0.615. The fraction of sp³-hybridized carbons (Fsp3) is 0.200. The molecule has 0 heterocycles. The van der Waals surface area contributed by atoms with E-state index >= 15 is 0 Å². The Morgan fingerprint density at radius 3 is 2.81 bits per heavy atom. The standard InChI is InChI=1S/C15H15BrClFN2O/c1-21-10-5-6-12(16)9(7-10)8-14(20-19)11-3-2-4-13(18)15(11)17/h2-7,14,20H,8,19H2,1H3. The van der Waals surface area contributed by atoms with Gasteiger partial charge in [0, 0.05) is 4.47 Å². The molecular formula is C15H15BrClFN2O. The van der Waals surface area contributed by atoms with Crippen molar-refractivity contribution in [2.24, 2.45) is 5.84 Å². The first-order valence-electron chi connectivity index (χ1n) is 6.29. The zero-order chi connectivity index (χ0) is 15.4. The van der Waals surface area contributed by atoms with Crippen LogP contribution in [0.4, 0.5) is 4.39 Å². The van der Waals surface area contributed by atoms with E-state index in [0.29, 0.717) is 12.0 Å². The molecule has 0 radical (unpaired) electrons. The highest BCUT2D eigenvalue weighted by Crippen LogP contribution is 2.31. The first-order chi connectivity index (χ1) is 10.1. The van der Waals surface area contributed by atoms with E-state index in [0.717, 1.165) is 15.8 Å². The molecule has 6 heteroatoms. The van der Waals surface area contributed by atoms with E-state index in [1.54, 1.807) is 19.2 Å². The summed E-state index contributed by atoms with van der Waals surface area (Å²) in [7, 11) is 1.61. The zero-order valence-electron chi connectivity index (χ0n) is 11.4. The van der Waals surface area contributed by atoms with E-state index in [4.69, 9.17) is 22.2 Å². The number of benzene rings is 2. The fourth-order valence-electron chi connectivity index (χ4n) is 2.10. The molecule has 0 aromatic heterocycles. The number of ether oxygens (including phenoxy) is 1. The van der Waals surface area contributed by atoms with Gasteiger partial charge in [-0.3, -0.25) is 11.3 Å². The molecule has 3 N–H and O–H groups in total. The van der Waals surface area contributed by atoms with Crippen molar-refractivity contribution in [3.63, 3.8) is 0 Å². The lowest BCUT2D eigenvalue weighted by molar-refractivity contribution is 0.413. The highest BCUT2D eigenvalue weighted by Gasteiger charge is 2.17. The van der Waals surface area contributed by atoms with Gasteiger partial charge in [-0.15, -0.1) is 0 Å². The van der Waals surface area contributed by atoms with Gasteiger partial charge >= 0.3 is 0 Å². The van der Waals surface area contributed by atoms with E-state index in [-0.39, 0.29) is 11.1 Å². The summed E-state index contributed by atoms with van der Waals surface area (Å²) in [6.45, 7) is 0. The molecule has 0 spiro atoms. The number of nitrogens with one attached hydrogen (secondary N) is 1. The van der Waals surface area contributed by atoms with Crippen LogP contribution in [0.2, 0.25) is 5.02 Å². The summed E-state index contributed by atoms with van der Waals surface area (Å²) in [5.41, 5.74) is 4.29. The number of halogens is 3. The molecule has 21 heavy (non-hydrogen) atoms. The highest BCUT2D eigenvalue weighted by molar-refractivity contribution is 9.10. The minimum absolute atomic E-state index is 0.0828.